The molecule has 0 radical (unpaired) electrons. The van der Waals surface area contributed by atoms with Gasteiger partial charge in [-0.2, -0.15) is 13.2 Å². The second kappa shape index (κ2) is 6.80. The maximum Gasteiger partial charge on any atom is 0.449 e. The number of alkyl halides is 3. The molecule has 140 valence electrons. The fraction of sp³-hybridized carbons (Fsp3) is 0.0500. The molecule has 4 aromatic rings. The van der Waals surface area contributed by atoms with Gasteiger partial charge in [0.15, 0.2) is 0 Å². The van der Waals surface area contributed by atoms with Crippen molar-refractivity contribution in [2.24, 2.45) is 0 Å². The van der Waals surface area contributed by atoms with Crippen LogP contribution >= 0.6 is 0 Å². The Kier molecular flexibility index (Phi) is 4.31. The van der Waals surface area contributed by atoms with E-state index in [0.717, 1.165) is 5.56 Å². The number of hydrogen-bond donors (Lipinski definition) is 2. The lowest BCUT2D eigenvalue weighted by molar-refractivity contribution is -0.144. The molecule has 0 bridgehead atoms. The molecule has 2 N–H and O–H groups in total. The first kappa shape index (κ1) is 17.7. The molecule has 0 aliphatic carbocycles. The molecule has 3 aromatic heterocycles. The lowest BCUT2D eigenvalue weighted by atomic mass is 10.1. The van der Waals surface area contributed by atoms with E-state index in [0.29, 0.717) is 17.0 Å². The predicted molar refractivity (Wildman–Crippen MR) is 100 cm³/mol. The number of rotatable bonds is 3. The van der Waals surface area contributed by atoms with E-state index >= 15 is 0 Å². The SMILES string of the molecule is O=c1[nH]c(C(F)(F)F)nc2[nH]c(-c3ccnc(C=Cc4ccccc4)c3)cc12. The predicted octanol–water partition coefficient (Wildman–Crippen LogP) is 4.50. The Labute approximate surface area is 156 Å². The van der Waals surface area contributed by atoms with Crippen LogP contribution < -0.4 is 5.56 Å². The Hall–Kier alpha value is -3.68. The zero-order chi connectivity index (χ0) is 19.7. The lowest BCUT2D eigenvalue weighted by Gasteiger charge is -2.03. The minimum Gasteiger partial charge on any atom is -0.339 e. The summed E-state index contributed by atoms with van der Waals surface area (Å²) in [5.74, 6) is -1.33. The molecule has 8 heteroatoms. The molecule has 28 heavy (non-hydrogen) atoms. The highest BCUT2D eigenvalue weighted by Crippen LogP contribution is 2.27. The molecular weight excluding hydrogens is 369 g/mol. The third kappa shape index (κ3) is 3.57. The summed E-state index contributed by atoms with van der Waals surface area (Å²) in [6.07, 6.45) is 0.586. The molecule has 3 heterocycles. The summed E-state index contributed by atoms with van der Waals surface area (Å²) in [7, 11) is 0. The van der Waals surface area contributed by atoms with Crippen LogP contribution in [0.5, 0.6) is 0 Å². The van der Waals surface area contributed by atoms with Gasteiger partial charge in [0.2, 0.25) is 5.82 Å². The zero-order valence-corrected chi connectivity index (χ0v) is 14.3. The van der Waals surface area contributed by atoms with Gasteiger partial charge in [-0.25, -0.2) is 4.98 Å². The van der Waals surface area contributed by atoms with Crippen molar-refractivity contribution in [3.05, 3.63) is 82.2 Å². The van der Waals surface area contributed by atoms with Crippen LogP contribution in [0.1, 0.15) is 17.1 Å². The topological polar surface area (TPSA) is 74.4 Å². The highest BCUT2D eigenvalue weighted by atomic mass is 19.4. The number of aromatic amines is 2. The summed E-state index contributed by atoms with van der Waals surface area (Å²) >= 11 is 0. The number of benzene rings is 1. The molecule has 0 amide bonds. The van der Waals surface area contributed by atoms with Gasteiger partial charge in [0.05, 0.1) is 11.1 Å². The van der Waals surface area contributed by atoms with E-state index in [1.165, 1.54) is 6.07 Å². The highest BCUT2D eigenvalue weighted by molar-refractivity contribution is 5.83. The molecule has 0 saturated heterocycles. The number of fused-ring (bicyclic) bond motifs is 1. The van der Waals surface area contributed by atoms with E-state index in [9.17, 15) is 18.0 Å². The van der Waals surface area contributed by atoms with Crippen molar-refractivity contribution < 1.29 is 13.2 Å². The van der Waals surface area contributed by atoms with Crippen LogP contribution in [-0.2, 0) is 6.18 Å². The average Bonchev–Trinajstić information content (AvgIpc) is 3.12. The van der Waals surface area contributed by atoms with Crippen LogP contribution in [0.3, 0.4) is 0 Å². The molecule has 0 aliphatic rings. The summed E-state index contributed by atoms with van der Waals surface area (Å²) in [6.45, 7) is 0. The van der Waals surface area contributed by atoms with Crippen molar-refractivity contribution in [3.8, 4) is 11.3 Å². The summed E-state index contributed by atoms with van der Waals surface area (Å²) in [5.41, 5.74) is 1.86. The fourth-order valence-electron chi connectivity index (χ4n) is 2.76. The number of hydrogen-bond acceptors (Lipinski definition) is 3. The quantitative estimate of drug-likeness (QED) is 0.548. The van der Waals surface area contributed by atoms with Gasteiger partial charge >= 0.3 is 6.18 Å². The van der Waals surface area contributed by atoms with Crippen LogP contribution in [0.2, 0.25) is 0 Å². The second-order valence-corrected chi connectivity index (χ2v) is 6.07. The van der Waals surface area contributed by atoms with Crippen molar-refractivity contribution in [3.63, 3.8) is 0 Å². The van der Waals surface area contributed by atoms with Crippen LogP contribution in [0.4, 0.5) is 13.2 Å². The summed E-state index contributed by atoms with van der Waals surface area (Å²) in [4.78, 5) is 24.3. The van der Waals surface area contributed by atoms with Crippen LogP contribution in [0.15, 0.2) is 59.5 Å². The Balaban J connectivity index is 1.71. The maximum atomic E-state index is 12.8. The van der Waals surface area contributed by atoms with Gasteiger partial charge in [0.25, 0.3) is 5.56 Å². The van der Waals surface area contributed by atoms with Crippen LogP contribution in [0.25, 0.3) is 34.4 Å². The van der Waals surface area contributed by atoms with Gasteiger partial charge in [-0.3, -0.25) is 9.78 Å². The van der Waals surface area contributed by atoms with Crippen molar-refractivity contribution in [1.29, 1.82) is 0 Å². The van der Waals surface area contributed by atoms with E-state index < -0.39 is 17.6 Å². The minimum atomic E-state index is -4.73. The normalized spacial score (nSPS) is 12.1. The fourth-order valence-corrected chi connectivity index (χ4v) is 2.76. The minimum absolute atomic E-state index is 0.0567. The van der Waals surface area contributed by atoms with Crippen molar-refractivity contribution in [2.45, 2.75) is 6.18 Å². The van der Waals surface area contributed by atoms with E-state index in [2.05, 4.69) is 15.0 Å². The first-order chi connectivity index (χ1) is 13.4. The van der Waals surface area contributed by atoms with Gasteiger partial charge in [-0.15, -0.1) is 0 Å². The molecule has 0 saturated carbocycles. The van der Waals surface area contributed by atoms with Crippen LogP contribution in [-0.4, -0.2) is 19.9 Å². The molecule has 5 nitrogen and oxygen atoms in total. The number of nitrogens with one attached hydrogen (secondary N) is 2. The van der Waals surface area contributed by atoms with E-state index in [1.54, 1.807) is 23.3 Å². The summed E-state index contributed by atoms with van der Waals surface area (Å²) in [6, 6.07) is 14.6. The zero-order valence-electron chi connectivity index (χ0n) is 14.3. The number of H-pyrrole nitrogens is 2. The highest BCUT2D eigenvalue weighted by Gasteiger charge is 2.34. The van der Waals surface area contributed by atoms with Crippen LogP contribution in [0, 0.1) is 0 Å². The number of pyridine rings is 1. The number of nitrogens with zero attached hydrogens (tertiary/aromatic N) is 2. The molecule has 0 unspecified atom stereocenters. The first-order valence-electron chi connectivity index (χ1n) is 8.30. The Morgan fingerprint density at radius 2 is 1.75 bits per heavy atom. The number of aromatic nitrogens is 4. The first-order valence-corrected chi connectivity index (χ1v) is 8.30. The molecule has 4 rings (SSSR count). The Bertz CT molecular complexity index is 1220. The van der Waals surface area contributed by atoms with Gasteiger partial charge in [0.1, 0.15) is 5.65 Å². The third-order valence-electron chi connectivity index (χ3n) is 4.10. The Morgan fingerprint density at radius 1 is 0.964 bits per heavy atom. The monoisotopic (exact) mass is 382 g/mol. The number of halogens is 3. The molecule has 0 spiro atoms. The lowest BCUT2D eigenvalue weighted by Crippen LogP contribution is -2.18. The van der Waals surface area contributed by atoms with E-state index in [-0.39, 0.29) is 11.0 Å². The Morgan fingerprint density at radius 3 is 2.50 bits per heavy atom. The van der Waals surface area contributed by atoms with Crippen molar-refractivity contribution in [1.82, 2.24) is 19.9 Å². The van der Waals surface area contributed by atoms with Gasteiger partial charge in [-0.1, -0.05) is 36.4 Å². The molecule has 0 fully saturated rings. The molecule has 0 atom stereocenters. The van der Waals surface area contributed by atoms with E-state index in [4.69, 9.17) is 0 Å². The average molecular weight is 382 g/mol. The van der Waals surface area contributed by atoms with Crippen molar-refractivity contribution >= 4 is 23.2 Å². The summed E-state index contributed by atoms with van der Waals surface area (Å²) in [5, 5.41) is 0.0567. The standard InChI is InChI=1S/C20H13F3N4O/c21-20(22,23)19-26-17-15(18(28)27-19)11-16(25-17)13-8-9-24-14(10-13)7-6-12-4-2-1-3-5-12/h1-11H,(H2,25,26,27,28). The second-order valence-electron chi connectivity index (χ2n) is 6.07. The molecule has 1 aromatic carbocycles. The largest absolute Gasteiger partial charge is 0.449 e. The summed E-state index contributed by atoms with van der Waals surface area (Å²) < 4.78 is 38.5. The van der Waals surface area contributed by atoms with Gasteiger partial charge in [-0.05, 0) is 29.8 Å². The molecule has 0 aliphatic heterocycles. The third-order valence-corrected chi connectivity index (χ3v) is 4.10. The molecular formula is C20H13F3N4O. The van der Waals surface area contributed by atoms with E-state index in [1.807, 2.05) is 42.5 Å². The maximum absolute atomic E-state index is 12.8. The van der Waals surface area contributed by atoms with Crippen molar-refractivity contribution in [2.75, 3.05) is 0 Å². The smallest absolute Gasteiger partial charge is 0.339 e. The van der Waals surface area contributed by atoms with Gasteiger partial charge in [0, 0.05) is 17.5 Å². The van der Waals surface area contributed by atoms with Gasteiger partial charge < -0.3 is 9.97 Å².